The summed E-state index contributed by atoms with van der Waals surface area (Å²) in [5.41, 5.74) is 3.27. The van der Waals surface area contributed by atoms with Crippen LogP contribution in [-0.2, 0) is 14.4 Å². The van der Waals surface area contributed by atoms with E-state index in [1.165, 1.54) is 6.92 Å². The van der Waals surface area contributed by atoms with Crippen molar-refractivity contribution in [1.82, 2.24) is 0 Å². The van der Waals surface area contributed by atoms with Crippen molar-refractivity contribution < 1.29 is 19.5 Å². The van der Waals surface area contributed by atoms with Gasteiger partial charge < -0.3 is 9.94 Å². The van der Waals surface area contributed by atoms with Gasteiger partial charge in [-0.3, -0.25) is 4.79 Å². The van der Waals surface area contributed by atoms with Gasteiger partial charge in [-0.15, -0.1) is 0 Å². The molecule has 0 unspecified atom stereocenters. The minimum Gasteiger partial charge on any atom is -0.381 e. The van der Waals surface area contributed by atoms with E-state index in [1.807, 2.05) is 19.9 Å². The highest BCUT2D eigenvalue weighted by molar-refractivity contribution is 6.10. The first kappa shape index (κ1) is 16.8. The normalized spacial score (nSPS) is 27.9. The molecule has 0 heterocycles. The number of fused-ring (bicyclic) bond motifs is 1. The Morgan fingerprint density at radius 1 is 1.42 bits per heavy atom. The second-order valence-corrected chi connectivity index (χ2v) is 7.11. The van der Waals surface area contributed by atoms with Gasteiger partial charge in [-0.25, -0.2) is 4.79 Å². The third kappa shape index (κ3) is 2.30. The third-order valence-corrected chi connectivity index (χ3v) is 5.65. The quantitative estimate of drug-likeness (QED) is 0.489. The molecule has 0 amide bonds. The lowest BCUT2D eigenvalue weighted by Gasteiger charge is -2.39. The number of oxime groups is 1. The minimum absolute atomic E-state index is 0.163. The van der Waals surface area contributed by atoms with E-state index >= 15 is 0 Å². The number of carbonyl (C=O) groups excluding carboxylic acids is 2. The van der Waals surface area contributed by atoms with Crippen molar-refractivity contribution >= 4 is 18.0 Å². The largest absolute Gasteiger partial charge is 0.381 e. The lowest BCUT2D eigenvalue weighted by molar-refractivity contribution is -0.141. The smallest absolute Gasteiger partial charge is 0.331 e. The summed E-state index contributed by atoms with van der Waals surface area (Å²) in [6.07, 6.45) is 6.51. The fourth-order valence-corrected chi connectivity index (χ4v) is 4.11. The summed E-state index contributed by atoms with van der Waals surface area (Å²) in [6.45, 7) is 7.00. The Morgan fingerprint density at radius 3 is 2.67 bits per heavy atom. The number of ketones is 1. The molecule has 0 bridgehead atoms. The fraction of sp³-hybridized carbons (Fsp3) is 0.526. The zero-order valence-corrected chi connectivity index (χ0v) is 14.6. The summed E-state index contributed by atoms with van der Waals surface area (Å²) < 4.78 is 0. The Bertz CT molecular complexity index is 745. The monoisotopic (exact) mass is 329 g/mol. The molecule has 0 saturated heterocycles. The molecule has 1 spiro atoms. The minimum atomic E-state index is -1.31. The van der Waals surface area contributed by atoms with Crippen LogP contribution in [0.1, 0.15) is 53.4 Å². The molecule has 24 heavy (non-hydrogen) atoms. The molecule has 5 heteroatoms. The van der Waals surface area contributed by atoms with Crippen molar-refractivity contribution in [1.29, 1.82) is 0 Å². The predicted molar refractivity (Wildman–Crippen MR) is 90.3 cm³/mol. The standard InChI is InChI=1S/C19H23NO4/c1-11-10-15-16(14(11)6-5-9-20-24-13(3)21)12(2)19(7-8-19)18(4,23)17(15)22/h9-10,23H,5-8H2,1-4H3/t18-/m0/s1. The van der Waals surface area contributed by atoms with Gasteiger partial charge in [-0.2, -0.15) is 0 Å². The number of Topliss-reactive ketones (excluding diaryl/α,β-unsaturated/α-hetero) is 1. The van der Waals surface area contributed by atoms with E-state index in [-0.39, 0.29) is 5.78 Å². The van der Waals surface area contributed by atoms with Crippen LogP contribution in [0.15, 0.2) is 39.1 Å². The Morgan fingerprint density at radius 2 is 2.08 bits per heavy atom. The summed E-state index contributed by atoms with van der Waals surface area (Å²) in [5.74, 6) is -0.607. The number of nitrogens with zero attached hydrogens (tertiary/aromatic N) is 1. The van der Waals surface area contributed by atoms with Gasteiger partial charge in [0.15, 0.2) is 5.78 Å². The van der Waals surface area contributed by atoms with Gasteiger partial charge in [0.25, 0.3) is 0 Å². The van der Waals surface area contributed by atoms with Crippen molar-refractivity contribution in [3.63, 3.8) is 0 Å². The van der Waals surface area contributed by atoms with Crippen LogP contribution in [0.2, 0.25) is 0 Å². The van der Waals surface area contributed by atoms with Crippen molar-refractivity contribution in [2.24, 2.45) is 10.6 Å². The molecule has 3 aliphatic carbocycles. The van der Waals surface area contributed by atoms with Crippen LogP contribution in [-0.4, -0.2) is 28.7 Å². The van der Waals surface area contributed by atoms with Crippen molar-refractivity contribution in [3.05, 3.63) is 33.9 Å². The summed E-state index contributed by atoms with van der Waals surface area (Å²) >= 11 is 0. The zero-order valence-electron chi connectivity index (χ0n) is 14.6. The maximum atomic E-state index is 12.8. The second-order valence-electron chi connectivity index (χ2n) is 7.11. The molecular weight excluding hydrogens is 306 g/mol. The predicted octanol–water partition coefficient (Wildman–Crippen LogP) is 3.00. The van der Waals surface area contributed by atoms with E-state index in [0.29, 0.717) is 12.0 Å². The van der Waals surface area contributed by atoms with Gasteiger partial charge in [-0.05, 0) is 69.2 Å². The SMILES string of the molecule is CC(=O)ON=CCCC1=C(C)C=C2C(=O)[C@](C)(O)C3(CC3)C(C)=C21. The van der Waals surface area contributed by atoms with Gasteiger partial charge >= 0.3 is 5.97 Å². The average Bonchev–Trinajstić information content (AvgIpc) is 3.25. The summed E-state index contributed by atoms with van der Waals surface area (Å²) in [4.78, 5) is 28.1. The molecule has 0 aromatic heterocycles. The first-order valence-electron chi connectivity index (χ1n) is 8.32. The Hall–Kier alpha value is -2.01. The molecule has 0 aliphatic heterocycles. The number of hydrogen-bond donors (Lipinski definition) is 1. The molecule has 3 rings (SSSR count). The molecule has 3 aliphatic rings. The third-order valence-electron chi connectivity index (χ3n) is 5.65. The van der Waals surface area contributed by atoms with Crippen LogP contribution in [0, 0.1) is 5.41 Å². The highest BCUT2D eigenvalue weighted by Gasteiger charge is 2.64. The topological polar surface area (TPSA) is 76.0 Å². The molecule has 1 saturated carbocycles. The second kappa shape index (κ2) is 5.52. The fourth-order valence-electron chi connectivity index (χ4n) is 4.11. The maximum absolute atomic E-state index is 12.8. The highest BCUT2D eigenvalue weighted by atomic mass is 16.7. The Labute approximate surface area is 141 Å². The molecule has 5 nitrogen and oxygen atoms in total. The van der Waals surface area contributed by atoms with Crippen LogP contribution in [0.5, 0.6) is 0 Å². The molecule has 0 radical (unpaired) electrons. The number of aliphatic hydroxyl groups is 1. The maximum Gasteiger partial charge on any atom is 0.331 e. The number of carbonyl (C=O) groups is 2. The van der Waals surface area contributed by atoms with Crippen LogP contribution >= 0.6 is 0 Å². The Kier molecular flexibility index (Phi) is 3.87. The van der Waals surface area contributed by atoms with E-state index < -0.39 is 17.0 Å². The summed E-state index contributed by atoms with van der Waals surface area (Å²) in [6, 6.07) is 0. The first-order valence-corrected chi connectivity index (χ1v) is 8.32. The lowest BCUT2D eigenvalue weighted by atomic mass is 9.67. The van der Waals surface area contributed by atoms with E-state index in [0.717, 1.165) is 41.6 Å². The van der Waals surface area contributed by atoms with Crippen molar-refractivity contribution in [2.75, 3.05) is 0 Å². The first-order chi connectivity index (χ1) is 11.2. The van der Waals surface area contributed by atoms with Gasteiger partial charge in [0.1, 0.15) is 5.60 Å². The van der Waals surface area contributed by atoms with Gasteiger partial charge in [0.2, 0.25) is 0 Å². The number of hydrogen-bond acceptors (Lipinski definition) is 5. The van der Waals surface area contributed by atoms with Gasteiger partial charge in [0, 0.05) is 24.1 Å². The molecular formula is C19H23NO4. The lowest BCUT2D eigenvalue weighted by Crippen LogP contribution is -2.49. The molecule has 0 aromatic rings. The summed E-state index contributed by atoms with van der Waals surface area (Å²) in [5, 5.41) is 14.4. The Balaban J connectivity index is 1.87. The number of allylic oxidation sites excluding steroid dienone is 4. The van der Waals surface area contributed by atoms with Gasteiger partial charge in [0.05, 0.1) is 0 Å². The van der Waals surface area contributed by atoms with Crippen LogP contribution < -0.4 is 0 Å². The van der Waals surface area contributed by atoms with E-state index in [1.54, 1.807) is 13.1 Å². The van der Waals surface area contributed by atoms with E-state index in [4.69, 9.17) is 0 Å². The highest BCUT2D eigenvalue weighted by Crippen LogP contribution is 2.65. The summed E-state index contributed by atoms with van der Waals surface area (Å²) in [7, 11) is 0. The van der Waals surface area contributed by atoms with E-state index in [2.05, 4.69) is 9.99 Å². The molecule has 1 atom stereocenters. The van der Waals surface area contributed by atoms with Crippen LogP contribution in [0.4, 0.5) is 0 Å². The molecule has 1 N–H and O–H groups in total. The van der Waals surface area contributed by atoms with Crippen LogP contribution in [0.25, 0.3) is 0 Å². The van der Waals surface area contributed by atoms with Crippen molar-refractivity contribution in [3.8, 4) is 0 Å². The molecule has 0 aromatic carbocycles. The zero-order chi connectivity index (χ0) is 17.7. The van der Waals surface area contributed by atoms with Crippen LogP contribution in [0.3, 0.4) is 0 Å². The average molecular weight is 329 g/mol. The molecule has 128 valence electrons. The molecule has 1 fully saturated rings. The van der Waals surface area contributed by atoms with Gasteiger partial charge in [-0.1, -0.05) is 10.7 Å². The number of rotatable bonds is 4. The van der Waals surface area contributed by atoms with Crippen molar-refractivity contribution in [2.45, 2.75) is 59.0 Å². The van der Waals surface area contributed by atoms with E-state index in [9.17, 15) is 14.7 Å².